The van der Waals surface area contributed by atoms with Crippen molar-refractivity contribution in [3.8, 4) is 0 Å². The van der Waals surface area contributed by atoms with Gasteiger partial charge in [0.1, 0.15) is 0 Å². The molecule has 19 heavy (non-hydrogen) atoms. The summed E-state index contributed by atoms with van der Waals surface area (Å²) < 4.78 is 0. The van der Waals surface area contributed by atoms with Crippen molar-refractivity contribution < 1.29 is 4.79 Å². The van der Waals surface area contributed by atoms with E-state index in [2.05, 4.69) is 29.4 Å². The van der Waals surface area contributed by atoms with E-state index in [1.54, 1.807) is 12.1 Å². The Hall–Kier alpha value is -1.10. The fourth-order valence-electron chi connectivity index (χ4n) is 1.74. The highest BCUT2D eigenvalue weighted by atomic mass is 35.5. The minimum Gasteiger partial charge on any atom is -0.324 e. The Kier molecular flexibility index (Phi) is 7.48. The average Bonchev–Trinajstić information content (AvgIpc) is 2.42. The van der Waals surface area contributed by atoms with E-state index in [-0.39, 0.29) is 5.91 Å². The van der Waals surface area contributed by atoms with Crippen LogP contribution in [-0.2, 0) is 4.79 Å². The van der Waals surface area contributed by atoms with E-state index >= 15 is 0 Å². The first kappa shape index (κ1) is 16.0. The molecule has 1 amide bonds. The monoisotopic (exact) mass is 283 g/mol. The van der Waals surface area contributed by atoms with Gasteiger partial charge in [0.05, 0.1) is 17.3 Å². The second-order valence-corrected chi connectivity index (χ2v) is 4.64. The third-order valence-electron chi connectivity index (χ3n) is 2.93. The number of hydrogen-bond donors (Lipinski definition) is 2. The van der Waals surface area contributed by atoms with Crippen LogP contribution in [0.4, 0.5) is 5.69 Å². The van der Waals surface area contributed by atoms with Gasteiger partial charge in [0.2, 0.25) is 5.91 Å². The van der Waals surface area contributed by atoms with Gasteiger partial charge in [0.15, 0.2) is 0 Å². The summed E-state index contributed by atoms with van der Waals surface area (Å²) in [4.78, 5) is 14.0. The smallest absolute Gasteiger partial charge is 0.238 e. The highest BCUT2D eigenvalue weighted by molar-refractivity contribution is 6.33. The SMILES string of the molecule is CCN(CC)CCNCC(=O)Nc1ccccc1Cl. The van der Waals surface area contributed by atoms with Gasteiger partial charge in [-0.2, -0.15) is 0 Å². The largest absolute Gasteiger partial charge is 0.324 e. The lowest BCUT2D eigenvalue weighted by molar-refractivity contribution is -0.115. The van der Waals surface area contributed by atoms with Crippen LogP contribution < -0.4 is 10.6 Å². The molecule has 0 fully saturated rings. The van der Waals surface area contributed by atoms with E-state index < -0.39 is 0 Å². The van der Waals surface area contributed by atoms with Crippen molar-refractivity contribution in [1.29, 1.82) is 0 Å². The Morgan fingerprint density at radius 3 is 2.58 bits per heavy atom. The molecule has 0 spiro atoms. The summed E-state index contributed by atoms with van der Waals surface area (Å²) in [6.45, 7) is 8.38. The summed E-state index contributed by atoms with van der Waals surface area (Å²) in [5.74, 6) is -0.0763. The molecule has 0 aliphatic rings. The Bertz CT molecular complexity index is 394. The van der Waals surface area contributed by atoms with Crippen LogP contribution in [0.1, 0.15) is 13.8 Å². The van der Waals surface area contributed by atoms with Crippen LogP contribution in [0.3, 0.4) is 0 Å². The zero-order chi connectivity index (χ0) is 14.1. The van der Waals surface area contributed by atoms with Gasteiger partial charge in [-0.25, -0.2) is 0 Å². The van der Waals surface area contributed by atoms with Crippen LogP contribution >= 0.6 is 11.6 Å². The summed E-state index contributed by atoms with van der Waals surface area (Å²) in [6, 6.07) is 7.22. The standard InChI is InChI=1S/C14H22ClN3O/c1-3-18(4-2)10-9-16-11-14(19)17-13-8-6-5-7-12(13)15/h5-8,16H,3-4,9-11H2,1-2H3,(H,17,19). The zero-order valence-corrected chi connectivity index (χ0v) is 12.3. The van der Waals surface area contributed by atoms with Gasteiger partial charge in [0.25, 0.3) is 0 Å². The molecule has 0 saturated carbocycles. The van der Waals surface area contributed by atoms with E-state index in [0.29, 0.717) is 17.3 Å². The number of para-hydroxylation sites is 1. The van der Waals surface area contributed by atoms with Crippen molar-refractivity contribution in [1.82, 2.24) is 10.2 Å². The number of likely N-dealkylation sites (N-methyl/N-ethyl adjacent to an activating group) is 1. The van der Waals surface area contributed by atoms with E-state index in [0.717, 1.165) is 26.2 Å². The first-order chi connectivity index (χ1) is 9.17. The summed E-state index contributed by atoms with van der Waals surface area (Å²) in [7, 11) is 0. The highest BCUT2D eigenvalue weighted by Crippen LogP contribution is 2.19. The molecule has 106 valence electrons. The lowest BCUT2D eigenvalue weighted by atomic mass is 10.3. The van der Waals surface area contributed by atoms with Crippen molar-refractivity contribution in [2.45, 2.75) is 13.8 Å². The molecule has 0 saturated heterocycles. The Morgan fingerprint density at radius 2 is 1.95 bits per heavy atom. The molecule has 1 aromatic carbocycles. The number of nitrogens with zero attached hydrogens (tertiary/aromatic N) is 1. The number of amides is 1. The predicted octanol–water partition coefficient (Wildman–Crippen LogP) is 2.21. The number of hydrogen-bond acceptors (Lipinski definition) is 3. The van der Waals surface area contributed by atoms with Crippen molar-refractivity contribution in [3.63, 3.8) is 0 Å². The molecule has 0 bridgehead atoms. The van der Waals surface area contributed by atoms with Crippen molar-refractivity contribution in [2.75, 3.05) is 38.0 Å². The fourth-order valence-corrected chi connectivity index (χ4v) is 1.92. The first-order valence-corrected chi connectivity index (χ1v) is 7.02. The lowest BCUT2D eigenvalue weighted by Gasteiger charge is -2.17. The zero-order valence-electron chi connectivity index (χ0n) is 11.6. The van der Waals surface area contributed by atoms with Gasteiger partial charge in [-0.3, -0.25) is 4.79 Å². The van der Waals surface area contributed by atoms with E-state index in [1.807, 2.05) is 12.1 Å². The average molecular weight is 284 g/mol. The molecular weight excluding hydrogens is 262 g/mol. The number of halogens is 1. The topological polar surface area (TPSA) is 44.4 Å². The number of nitrogens with one attached hydrogen (secondary N) is 2. The van der Waals surface area contributed by atoms with Crippen LogP contribution in [0.5, 0.6) is 0 Å². The number of anilines is 1. The summed E-state index contributed by atoms with van der Waals surface area (Å²) in [5, 5.41) is 6.46. The second kappa shape index (κ2) is 8.91. The third-order valence-corrected chi connectivity index (χ3v) is 3.26. The Balaban J connectivity index is 2.24. The van der Waals surface area contributed by atoms with Gasteiger partial charge >= 0.3 is 0 Å². The molecule has 0 unspecified atom stereocenters. The molecule has 1 aromatic rings. The van der Waals surface area contributed by atoms with Gasteiger partial charge in [0, 0.05) is 13.1 Å². The van der Waals surface area contributed by atoms with Gasteiger partial charge in [-0.05, 0) is 25.2 Å². The molecule has 0 radical (unpaired) electrons. The number of rotatable bonds is 8. The maximum absolute atomic E-state index is 11.7. The first-order valence-electron chi connectivity index (χ1n) is 6.64. The van der Waals surface area contributed by atoms with Crippen molar-refractivity contribution >= 4 is 23.2 Å². The maximum Gasteiger partial charge on any atom is 0.238 e. The fraction of sp³-hybridized carbons (Fsp3) is 0.500. The van der Waals surface area contributed by atoms with E-state index in [1.165, 1.54) is 0 Å². The normalized spacial score (nSPS) is 10.7. The maximum atomic E-state index is 11.7. The van der Waals surface area contributed by atoms with Gasteiger partial charge in [-0.1, -0.05) is 37.6 Å². The molecule has 0 aromatic heterocycles. The minimum absolute atomic E-state index is 0.0763. The molecule has 0 aliphatic heterocycles. The summed E-state index contributed by atoms with van der Waals surface area (Å²) >= 11 is 5.97. The molecule has 2 N–H and O–H groups in total. The predicted molar refractivity (Wildman–Crippen MR) is 80.7 cm³/mol. The Morgan fingerprint density at radius 1 is 1.26 bits per heavy atom. The quantitative estimate of drug-likeness (QED) is 0.719. The lowest BCUT2D eigenvalue weighted by Crippen LogP contribution is -2.35. The highest BCUT2D eigenvalue weighted by Gasteiger charge is 2.05. The van der Waals surface area contributed by atoms with Crippen LogP contribution in [0.25, 0.3) is 0 Å². The number of benzene rings is 1. The molecular formula is C14H22ClN3O. The molecule has 0 heterocycles. The van der Waals surface area contributed by atoms with Crippen molar-refractivity contribution in [3.05, 3.63) is 29.3 Å². The molecule has 4 nitrogen and oxygen atoms in total. The Labute approximate surface area is 120 Å². The molecule has 0 aliphatic carbocycles. The van der Waals surface area contributed by atoms with Crippen LogP contribution in [0.15, 0.2) is 24.3 Å². The summed E-state index contributed by atoms with van der Waals surface area (Å²) in [6.07, 6.45) is 0. The molecule has 1 rings (SSSR count). The minimum atomic E-state index is -0.0763. The molecule has 0 atom stereocenters. The van der Waals surface area contributed by atoms with Crippen LogP contribution in [-0.4, -0.2) is 43.5 Å². The van der Waals surface area contributed by atoms with E-state index in [9.17, 15) is 4.79 Å². The second-order valence-electron chi connectivity index (χ2n) is 4.23. The van der Waals surface area contributed by atoms with Gasteiger partial charge in [-0.15, -0.1) is 0 Å². The number of carbonyl (C=O) groups excluding carboxylic acids is 1. The summed E-state index contributed by atoms with van der Waals surface area (Å²) in [5.41, 5.74) is 0.653. The van der Waals surface area contributed by atoms with Crippen molar-refractivity contribution in [2.24, 2.45) is 0 Å². The van der Waals surface area contributed by atoms with Gasteiger partial charge < -0.3 is 15.5 Å². The molecule has 5 heteroatoms. The number of carbonyl (C=O) groups is 1. The van der Waals surface area contributed by atoms with E-state index in [4.69, 9.17) is 11.6 Å². The third kappa shape index (κ3) is 6.05. The van der Waals surface area contributed by atoms with Crippen LogP contribution in [0, 0.1) is 0 Å². The van der Waals surface area contributed by atoms with Crippen LogP contribution in [0.2, 0.25) is 5.02 Å².